The Bertz CT molecular complexity index is 680. The van der Waals surface area contributed by atoms with Crippen LogP contribution in [-0.4, -0.2) is 24.9 Å². The Morgan fingerprint density at radius 3 is 3.00 bits per heavy atom. The number of sulfonamides is 1. The van der Waals surface area contributed by atoms with Crippen LogP contribution in [0.2, 0.25) is 0 Å². The molecule has 2 aromatic rings. The molecule has 0 saturated carbocycles. The van der Waals surface area contributed by atoms with E-state index in [1.807, 2.05) is 6.07 Å². The Hall–Kier alpha value is -2.02. The predicted molar refractivity (Wildman–Crippen MR) is 72.6 cm³/mol. The van der Waals surface area contributed by atoms with Gasteiger partial charge in [0.25, 0.3) is 10.0 Å². The van der Waals surface area contributed by atoms with Crippen LogP contribution in [-0.2, 0) is 16.4 Å². The van der Waals surface area contributed by atoms with E-state index in [9.17, 15) is 8.42 Å². The normalized spacial score (nSPS) is 14.5. The number of hydrogen-bond donors (Lipinski definition) is 3. The van der Waals surface area contributed by atoms with Crippen molar-refractivity contribution in [3.8, 4) is 0 Å². The molecule has 3 N–H and O–H groups in total. The molecule has 0 spiro atoms. The Kier molecular flexibility index (Phi) is 2.90. The molecule has 0 unspecified atom stereocenters. The largest absolute Gasteiger partial charge is 0.385 e. The lowest BCUT2D eigenvalue weighted by Crippen LogP contribution is -2.16. The Morgan fingerprint density at radius 1 is 1.32 bits per heavy atom. The number of H-pyrrole nitrogens is 1. The van der Waals surface area contributed by atoms with Crippen LogP contribution in [0.3, 0.4) is 0 Å². The summed E-state index contributed by atoms with van der Waals surface area (Å²) >= 11 is 0. The summed E-state index contributed by atoms with van der Waals surface area (Å²) in [6, 6.07) is 5.15. The minimum absolute atomic E-state index is 0.214. The summed E-state index contributed by atoms with van der Waals surface area (Å²) in [5.41, 5.74) is 2.05. The van der Waals surface area contributed by atoms with E-state index in [-0.39, 0.29) is 10.8 Å². The molecule has 0 atom stereocenters. The number of aromatic amines is 1. The lowest BCUT2D eigenvalue weighted by molar-refractivity contribution is 0.601. The lowest BCUT2D eigenvalue weighted by Gasteiger charge is -2.18. The number of aryl methyl sites for hydroxylation is 1. The Morgan fingerprint density at radius 2 is 2.21 bits per heavy atom. The maximum atomic E-state index is 12.2. The molecule has 3 rings (SSSR count). The van der Waals surface area contributed by atoms with Gasteiger partial charge in [-0.3, -0.25) is 0 Å². The molecule has 0 aliphatic carbocycles. The molecule has 0 bridgehead atoms. The molecule has 1 aromatic carbocycles. The molecular weight excluding hydrogens is 264 g/mol. The molecule has 0 amide bonds. The van der Waals surface area contributed by atoms with Crippen LogP contribution in [0.1, 0.15) is 12.0 Å². The van der Waals surface area contributed by atoms with Crippen LogP contribution < -0.4 is 10.0 Å². The first-order valence-corrected chi connectivity index (χ1v) is 7.52. The zero-order chi connectivity index (χ0) is 13.3. The molecule has 6 nitrogen and oxygen atoms in total. The van der Waals surface area contributed by atoms with E-state index in [0.29, 0.717) is 0 Å². The highest BCUT2D eigenvalue weighted by Gasteiger charge is 2.18. The summed E-state index contributed by atoms with van der Waals surface area (Å²) in [6.07, 6.45) is 5.11. The lowest BCUT2D eigenvalue weighted by atomic mass is 10.0. The number of aromatic nitrogens is 2. The number of anilines is 2. The van der Waals surface area contributed by atoms with Gasteiger partial charge in [0, 0.05) is 24.6 Å². The second kappa shape index (κ2) is 4.58. The number of nitrogens with zero attached hydrogens (tertiary/aromatic N) is 1. The number of hydrogen-bond acceptors (Lipinski definition) is 4. The van der Waals surface area contributed by atoms with E-state index >= 15 is 0 Å². The van der Waals surface area contributed by atoms with Gasteiger partial charge in [-0.05, 0) is 30.5 Å². The molecule has 0 fully saturated rings. The summed E-state index contributed by atoms with van der Waals surface area (Å²) in [4.78, 5) is 6.79. The van der Waals surface area contributed by atoms with Crippen LogP contribution in [0.25, 0.3) is 0 Å². The van der Waals surface area contributed by atoms with Gasteiger partial charge in [0.1, 0.15) is 0 Å². The summed E-state index contributed by atoms with van der Waals surface area (Å²) in [7, 11) is -3.60. The van der Waals surface area contributed by atoms with Crippen molar-refractivity contribution in [3.63, 3.8) is 0 Å². The molecule has 2 heterocycles. The average Bonchev–Trinajstić information content (AvgIpc) is 2.90. The zero-order valence-corrected chi connectivity index (χ0v) is 11.0. The Balaban J connectivity index is 1.93. The summed E-state index contributed by atoms with van der Waals surface area (Å²) in [5, 5.41) is 3.22. The van der Waals surface area contributed by atoms with Crippen LogP contribution in [0, 0.1) is 0 Å². The van der Waals surface area contributed by atoms with Gasteiger partial charge in [-0.2, -0.15) is 0 Å². The van der Waals surface area contributed by atoms with E-state index in [0.717, 1.165) is 30.6 Å². The summed E-state index contributed by atoms with van der Waals surface area (Å²) < 4.78 is 26.8. The molecule has 7 heteroatoms. The summed E-state index contributed by atoms with van der Waals surface area (Å²) in [6.45, 7) is 0.877. The maximum Gasteiger partial charge on any atom is 0.264 e. The van der Waals surface area contributed by atoms with E-state index in [4.69, 9.17) is 0 Å². The van der Waals surface area contributed by atoms with Crippen LogP contribution in [0.5, 0.6) is 0 Å². The highest BCUT2D eigenvalue weighted by atomic mass is 32.2. The highest BCUT2D eigenvalue weighted by Crippen LogP contribution is 2.25. The minimum Gasteiger partial charge on any atom is -0.385 e. The second-order valence-corrected chi connectivity index (χ2v) is 6.07. The highest BCUT2D eigenvalue weighted by molar-refractivity contribution is 7.92. The van der Waals surface area contributed by atoms with Gasteiger partial charge >= 0.3 is 0 Å². The average molecular weight is 278 g/mol. The Labute approximate surface area is 111 Å². The number of imidazole rings is 1. The number of rotatable bonds is 3. The standard InChI is InChI=1S/C12H14N4O2S/c17-19(18,16-12-14-6-7-15-12)10-4-3-9-2-1-5-13-11(9)8-10/h3-4,6-8,13H,1-2,5H2,(H2,14,15,16). The first kappa shape index (κ1) is 12.0. The minimum atomic E-state index is -3.60. The topological polar surface area (TPSA) is 86.9 Å². The van der Waals surface area contributed by atoms with Crippen molar-refractivity contribution < 1.29 is 8.42 Å². The van der Waals surface area contributed by atoms with Crippen LogP contribution in [0.4, 0.5) is 11.6 Å². The summed E-state index contributed by atoms with van der Waals surface area (Å²) in [5.74, 6) is 0.214. The fourth-order valence-corrected chi connectivity index (χ4v) is 3.12. The quantitative estimate of drug-likeness (QED) is 0.795. The van der Waals surface area contributed by atoms with E-state index in [1.165, 1.54) is 6.20 Å². The monoisotopic (exact) mass is 278 g/mol. The van der Waals surface area contributed by atoms with Gasteiger partial charge in [0.15, 0.2) is 0 Å². The maximum absolute atomic E-state index is 12.2. The molecule has 0 radical (unpaired) electrons. The molecule has 1 aliphatic rings. The molecular formula is C12H14N4O2S. The first-order valence-electron chi connectivity index (χ1n) is 6.04. The third-order valence-corrected chi connectivity index (χ3v) is 4.40. The van der Waals surface area contributed by atoms with Crippen LogP contribution >= 0.6 is 0 Å². The number of nitrogens with one attached hydrogen (secondary N) is 3. The molecule has 19 heavy (non-hydrogen) atoms. The van der Waals surface area contributed by atoms with Crippen LogP contribution in [0.15, 0.2) is 35.5 Å². The van der Waals surface area contributed by atoms with Crippen molar-refractivity contribution in [3.05, 3.63) is 36.2 Å². The van der Waals surface area contributed by atoms with Gasteiger partial charge in [0.2, 0.25) is 5.95 Å². The third-order valence-electron chi connectivity index (χ3n) is 3.06. The zero-order valence-electron chi connectivity index (χ0n) is 10.2. The van der Waals surface area contributed by atoms with Crippen molar-refractivity contribution in [1.29, 1.82) is 0 Å². The predicted octanol–water partition coefficient (Wildman–Crippen LogP) is 1.57. The SMILES string of the molecule is O=S(=O)(Nc1ncc[nH]1)c1ccc2c(c1)NCCC2. The van der Waals surface area contributed by atoms with E-state index < -0.39 is 10.0 Å². The first-order chi connectivity index (χ1) is 9.15. The van der Waals surface area contributed by atoms with Gasteiger partial charge in [-0.1, -0.05) is 6.07 Å². The molecule has 100 valence electrons. The number of benzene rings is 1. The van der Waals surface area contributed by atoms with Crippen molar-refractivity contribution in [1.82, 2.24) is 9.97 Å². The van der Waals surface area contributed by atoms with Gasteiger partial charge < -0.3 is 10.3 Å². The smallest absolute Gasteiger partial charge is 0.264 e. The molecule has 1 aromatic heterocycles. The van der Waals surface area contributed by atoms with Crippen molar-refractivity contribution in [2.24, 2.45) is 0 Å². The fourth-order valence-electron chi connectivity index (χ4n) is 2.11. The van der Waals surface area contributed by atoms with Gasteiger partial charge in [-0.25, -0.2) is 18.1 Å². The second-order valence-electron chi connectivity index (χ2n) is 4.39. The third kappa shape index (κ3) is 2.41. The van der Waals surface area contributed by atoms with Gasteiger partial charge in [0.05, 0.1) is 4.90 Å². The number of fused-ring (bicyclic) bond motifs is 1. The van der Waals surface area contributed by atoms with Crippen molar-refractivity contribution in [2.75, 3.05) is 16.6 Å². The molecule has 0 saturated heterocycles. The van der Waals surface area contributed by atoms with Gasteiger partial charge in [-0.15, -0.1) is 0 Å². The molecule has 1 aliphatic heterocycles. The van der Waals surface area contributed by atoms with E-state index in [1.54, 1.807) is 18.3 Å². The van der Waals surface area contributed by atoms with Crippen molar-refractivity contribution in [2.45, 2.75) is 17.7 Å². The fraction of sp³-hybridized carbons (Fsp3) is 0.250. The van der Waals surface area contributed by atoms with E-state index in [2.05, 4.69) is 20.0 Å². The van der Waals surface area contributed by atoms with Crippen molar-refractivity contribution >= 4 is 21.7 Å².